The van der Waals surface area contributed by atoms with E-state index < -0.39 is 0 Å². The van der Waals surface area contributed by atoms with Gasteiger partial charge in [0.05, 0.1) is 0 Å². The van der Waals surface area contributed by atoms with Crippen LogP contribution in [0.5, 0.6) is 0 Å². The van der Waals surface area contributed by atoms with Crippen LogP contribution in [0.15, 0.2) is 54.3 Å². The highest BCUT2D eigenvalue weighted by Crippen LogP contribution is 2.22. The van der Waals surface area contributed by atoms with Gasteiger partial charge in [0.15, 0.2) is 0 Å². The highest BCUT2D eigenvalue weighted by molar-refractivity contribution is 5.89. The van der Waals surface area contributed by atoms with Crippen LogP contribution in [-0.2, 0) is 6.54 Å². The van der Waals surface area contributed by atoms with Crippen molar-refractivity contribution < 1.29 is 5.11 Å². The van der Waals surface area contributed by atoms with Crippen molar-refractivity contribution >= 4 is 28.7 Å². The minimum Gasteiger partial charge on any atom is -0.511 e. The fourth-order valence-corrected chi connectivity index (χ4v) is 3.81. The summed E-state index contributed by atoms with van der Waals surface area (Å²) >= 11 is 0. The number of rotatable bonds is 0. The normalized spacial score (nSPS) is 18.2. The summed E-state index contributed by atoms with van der Waals surface area (Å²) in [6.45, 7) is 1.92. The minimum absolute atomic E-state index is 0.477. The molecular formula is C21H17NO. The number of benzene rings is 2. The van der Waals surface area contributed by atoms with Crippen LogP contribution in [0.3, 0.4) is 0 Å². The Kier molecular flexibility index (Phi) is 2.57. The van der Waals surface area contributed by atoms with Crippen molar-refractivity contribution in [3.05, 3.63) is 75.8 Å². The molecule has 0 saturated carbocycles. The van der Waals surface area contributed by atoms with E-state index in [2.05, 4.69) is 59.5 Å². The summed E-state index contributed by atoms with van der Waals surface area (Å²) < 4.78 is 0. The predicted molar refractivity (Wildman–Crippen MR) is 95.0 cm³/mol. The number of fused-ring (bicyclic) bond motifs is 5. The van der Waals surface area contributed by atoms with Crippen LogP contribution in [0, 0.1) is 0 Å². The summed E-state index contributed by atoms with van der Waals surface area (Å²) in [6, 6.07) is 8.80. The largest absolute Gasteiger partial charge is 0.511 e. The maximum Gasteiger partial charge on any atom is 0.104 e. The first-order valence-electron chi connectivity index (χ1n) is 8.07. The lowest BCUT2D eigenvalue weighted by Gasteiger charge is -2.30. The second-order valence-corrected chi connectivity index (χ2v) is 6.40. The van der Waals surface area contributed by atoms with E-state index >= 15 is 0 Å². The first-order chi connectivity index (χ1) is 11.3. The number of allylic oxidation sites excluding steroid dienone is 3. The first kappa shape index (κ1) is 12.8. The monoisotopic (exact) mass is 299 g/mol. The van der Waals surface area contributed by atoms with Gasteiger partial charge < -0.3 is 10.0 Å². The van der Waals surface area contributed by atoms with Gasteiger partial charge in [-0.25, -0.2) is 0 Å². The average molecular weight is 299 g/mol. The van der Waals surface area contributed by atoms with Gasteiger partial charge >= 0.3 is 0 Å². The zero-order valence-electron chi connectivity index (χ0n) is 12.8. The van der Waals surface area contributed by atoms with Gasteiger partial charge in [0.25, 0.3) is 0 Å². The van der Waals surface area contributed by atoms with Gasteiger partial charge in [-0.15, -0.1) is 0 Å². The Morgan fingerprint density at radius 2 is 2.04 bits per heavy atom. The van der Waals surface area contributed by atoms with Gasteiger partial charge in [-0.3, -0.25) is 0 Å². The van der Waals surface area contributed by atoms with Crippen molar-refractivity contribution in [3.8, 4) is 0 Å². The second-order valence-electron chi connectivity index (χ2n) is 6.40. The Morgan fingerprint density at radius 1 is 1.09 bits per heavy atom. The van der Waals surface area contributed by atoms with Gasteiger partial charge in [-0.1, -0.05) is 36.4 Å². The molecule has 1 aliphatic carbocycles. The van der Waals surface area contributed by atoms with E-state index in [1.165, 1.54) is 21.9 Å². The van der Waals surface area contributed by atoms with Crippen LogP contribution in [0.4, 0.5) is 0 Å². The van der Waals surface area contributed by atoms with Gasteiger partial charge in [-0.2, -0.15) is 0 Å². The molecule has 3 aliphatic rings. The molecule has 2 nitrogen and oxygen atoms in total. The van der Waals surface area contributed by atoms with Crippen LogP contribution >= 0.6 is 0 Å². The molecule has 0 unspecified atom stereocenters. The van der Waals surface area contributed by atoms with Crippen molar-refractivity contribution in [2.24, 2.45) is 0 Å². The number of hydrogen-bond acceptors (Lipinski definition) is 2. The van der Waals surface area contributed by atoms with Gasteiger partial charge in [-0.05, 0) is 51.4 Å². The summed E-state index contributed by atoms with van der Waals surface area (Å²) in [6.07, 6.45) is 13.5. The van der Waals surface area contributed by atoms with Crippen LogP contribution < -0.4 is 10.4 Å². The molecule has 2 heterocycles. The Bertz CT molecular complexity index is 1050. The van der Waals surface area contributed by atoms with E-state index in [9.17, 15) is 5.11 Å². The quantitative estimate of drug-likeness (QED) is 0.808. The smallest absolute Gasteiger partial charge is 0.104 e. The summed E-state index contributed by atoms with van der Waals surface area (Å²) in [7, 11) is 0. The second kappa shape index (κ2) is 4.63. The summed E-state index contributed by atoms with van der Waals surface area (Å²) in [5, 5.41) is 15.0. The van der Waals surface area contributed by atoms with E-state index in [0.29, 0.717) is 12.2 Å². The lowest BCUT2D eigenvalue weighted by atomic mass is 9.94. The summed E-state index contributed by atoms with van der Waals surface area (Å²) in [5.41, 5.74) is 3.74. The third-order valence-corrected chi connectivity index (χ3v) is 4.97. The molecular weight excluding hydrogens is 282 g/mol. The molecule has 112 valence electrons. The van der Waals surface area contributed by atoms with Gasteiger partial charge in [0, 0.05) is 30.4 Å². The zero-order valence-corrected chi connectivity index (χ0v) is 12.8. The molecule has 0 amide bonds. The Morgan fingerprint density at radius 3 is 3.00 bits per heavy atom. The molecule has 0 fully saturated rings. The molecule has 2 aromatic carbocycles. The van der Waals surface area contributed by atoms with E-state index in [1.54, 1.807) is 0 Å². The zero-order chi connectivity index (χ0) is 15.4. The highest BCUT2D eigenvalue weighted by atomic mass is 16.3. The summed E-state index contributed by atoms with van der Waals surface area (Å²) in [5.74, 6) is 0.477. The molecule has 0 spiro atoms. The molecule has 0 saturated heterocycles. The standard InChI is InChI=1S/C21H17NO/c23-20-6-3-4-14-7-8-15-10-17-13-22-9-2-1-5-18(22)11-16(17)12-19(15)21(14)20/h1-5,7-8,10-12,23H,6,9,13H2. The topological polar surface area (TPSA) is 23.5 Å². The van der Waals surface area contributed by atoms with Gasteiger partial charge in [0.2, 0.25) is 0 Å². The van der Waals surface area contributed by atoms with Crippen LogP contribution in [-0.4, -0.2) is 16.6 Å². The van der Waals surface area contributed by atoms with E-state index in [0.717, 1.165) is 29.3 Å². The Balaban J connectivity index is 1.86. The molecule has 23 heavy (non-hydrogen) atoms. The molecule has 1 N–H and O–H groups in total. The van der Waals surface area contributed by atoms with E-state index in [4.69, 9.17) is 0 Å². The molecule has 2 heteroatoms. The predicted octanol–water partition coefficient (Wildman–Crippen LogP) is 2.97. The molecule has 0 bridgehead atoms. The molecule has 2 aromatic rings. The fourth-order valence-electron chi connectivity index (χ4n) is 3.81. The SMILES string of the molecule is OC1=c2c(ccc3cc4c(cc23)=CC2=CC=CCN2C4)C=CC1. The molecule has 5 rings (SSSR count). The molecule has 0 radical (unpaired) electrons. The van der Waals surface area contributed by atoms with Crippen LogP contribution in [0.2, 0.25) is 0 Å². The third-order valence-electron chi connectivity index (χ3n) is 4.97. The number of hydrogen-bond donors (Lipinski definition) is 1. The van der Waals surface area contributed by atoms with Crippen molar-refractivity contribution in [1.82, 2.24) is 4.90 Å². The molecule has 0 aromatic heterocycles. The van der Waals surface area contributed by atoms with Crippen LogP contribution in [0.1, 0.15) is 17.5 Å². The fraction of sp³-hybridized carbons (Fsp3) is 0.143. The number of nitrogens with zero attached hydrogens (tertiary/aromatic N) is 1. The molecule has 2 aliphatic heterocycles. The maximum absolute atomic E-state index is 10.4. The summed E-state index contributed by atoms with van der Waals surface area (Å²) in [4.78, 5) is 2.39. The molecule has 0 atom stereocenters. The van der Waals surface area contributed by atoms with Crippen molar-refractivity contribution in [2.45, 2.75) is 13.0 Å². The minimum atomic E-state index is 0.477. The lowest BCUT2D eigenvalue weighted by molar-refractivity contribution is 0.380. The lowest BCUT2D eigenvalue weighted by Crippen LogP contribution is -2.32. The van der Waals surface area contributed by atoms with Crippen LogP contribution in [0.25, 0.3) is 28.7 Å². The Labute approximate surface area is 134 Å². The van der Waals surface area contributed by atoms with Crippen molar-refractivity contribution in [3.63, 3.8) is 0 Å². The maximum atomic E-state index is 10.4. The Hall–Kier alpha value is -2.74. The number of aliphatic hydroxyl groups is 1. The van der Waals surface area contributed by atoms with E-state index in [1.807, 2.05) is 6.08 Å². The van der Waals surface area contributed by atoms with E-state index in [-0.39, 0.29) is 0 Å². The van der Waals surface area contributed by atoms with Gasteiger partial charge in [0.1, 0.15) is 5.76 Å². The average Bonchev–Trinajstić information content (AvgIpc) is 2.58. The number of aliphatic hydroxyl groups excluding tert-OH is 1. The van der Waals surface area contributed by atoms with Crippen molar-refractivity contribution in [2.75, 3.05) is 6.54 Å². The first-order valence-corrected chi connectivity index (χ1v) is 8.07. The van der Waals surface area contributed by atoms with Crippen molar-refractivity contribution in [1.29, 1.82) is 0 Å². The third kappa shape index (κ3) is 1.88. The highest BCUT2D eigenvalue weighted by Gasteiger charge is 2.16.